The first-order chi connectivity index (χ1) is 12.1. The van der Waals surface area contributed by atoms with Gasteiger partial charge in [0.05, 0.1) is 0 Å². The zero-order valence-electron chi connectivity index (χ0n) is 14.6. The largest absolute Gasteiger partial charge is 0.337 e. The van der Waals surface area contributed by atoms with Crippen LogP contribution in [0.3, 0.4) is 0 Å². The summed E-state index contributed by atoms with van der Waals surface area (Å²) in [7, 11) is 0. The van der Waals surface area contributed by atoms with Gasteiger partial charge < -0.3 is 10.2 Å². The van der Waals surface area contributed by atoms with Crippen molar-refractivity contribution in [3.8, 4) is 11.1 Å². The van der Waals surface area contributed by atoms with Crippen molar-refractivity contribution in [2.75, 3.05) is 19.6 Å². The molecule has 25 heavy (non-hydrogen) atoms. The first-order valence-corrected chi connectivity index (χ1v) is 8.84. The SMILES string of the molecule is CC1CNCCN1C(=O)CCC(=O)c1ccc(-c2ccccc2)cc1. The molecule has 0 saturated carbocycles. The zero-order valence-corrected chi connectivity index (χ0v) is 14.6. The first kappa shape index (κ1) is 17.4. The second kappa shape index (κ2) is 8.08. The van der Waals surface area contributed by atoms with Gasteiger partial charge in [-0.1, -0.05) is 54.6 Å². The number of Topliss-reactive ketones (excluding diaryl/α,β-unsaturated/α-hetero) is 1. The minimum absolute atomic E-state index is 0.0238. The van der Waals surface area contributed by atoms with E-state index >= 15 is 0 Å². The maximum Gasteiger partial charge on any atom is 0.223 e. The zero-order chi connectivity index (χ0) is 17.6. The fourth-order valence-corrected chi connectivity index (χ4v) is 3.20. The third-order valence-corrected chi connectivity index (χ3v) is 4.70. The molecule has 1 aliphatic rings. The van der Waals surface area contributed by atoms with Crippen molar-refractivity contribution in [3.63, 3.8) is 0 Å². The number of hydrogen-bond donors (Lipinski definition) is 1. The number of rotatable bonds is 5. The molecule has 1 atom stereocenters. The van der Waals surface area contributed by atoms with Crippen molar-refractivity contribution in [1.82, 2.24) is 10.2 Å². The molecule has 130 valence electrons. The van der Waals surface area contributed by atoms with E-state index in [0.717, 1.165) is 30.8 Å². The Kier molecular flexibility index (Phi) is 5.61. The van der Waals surface area contributed by atoms with Crippen LogP contribution < -0.4 is 5.32 Å². The molecule has 1 fully saturated rings. The molecule has 1 heterocycles. The maximum atomic E-state index is 12.4. The highest BCUT2D eigenvalue weighted by Gasteiger charge is 2.23. The number of ketones is 1. The highest BCUT2D eigenvalue weighted by molar-refractivity contribution is 5.98. The lowest BCUT2D eigenvalue weighted by atomic mass is 10.0. The minimum Gasteiger partial charge on any atom is -0.337 e. The number of piperazine rings is 1. The summed E-state index contributed by atoms with van der Waals surface area (Å²) in [5.74, 6) is 0.0963. The number of nitrogens with zero attached hydrogens (tertiary/aromatic N) is 1. The lowest BCUT2D eigenvalue weighted by Gasteiger charge is -2.34. The summed E-state index contributed by atoms with van der Waals surface area (Å²) in [6.07, 6.45) is 0.545. The van der Waals surface area contributed by atoms with Crippen LogP contribution in [0, 0.1) is 0 Å². The van der Waals surface area contributed by atoms with Crippen LogP contribution >= 0.6 is 0 Å². The number of nitrogens with one attached hydrogen (secondary N) is 1. The Morgan fingerprint density at radius 2 is 1.68 bits per heavy atom. The van der Waals surface area contributed by atoms with Crippen molar-refractivity contribution in [2.45, 2.75) is 25.8 Å². The Morgan fingerprint density at radius 1 is 1.00 bits per heavy atom. The highest BCUT2D eigenvalue weighted by Crippen LogP contribution is 2.20. The van der Waals surface area contributed by atoms with Gasteiger partial charge in [-0.15, -0.1) is 0 Å². The Hall–Kier alpha value is -2.46. The predicted molar refractivity (Wildman–Crippen MR) is 99.5 cm³/mol. The molecule has 1 amide bonds. The number of benzene rings is 2. The molecule has 1 saturated heterocycles. The van der Waals surface area contributed by atoms with Crippen molar-refractivity contribution in [1.29, 1.82) is 0 Å². The summed E-state index contributed by atoms with van der Waals surface area (Å²) in [6, 6.07) is 17.9. The molecular formula is C21H24N2O2. The van der Waals surface area contributed by atoms with Crippen molar-refractivity contribution >= 4 is 11.7 Å². The molecule has 2 aromatic carbocycles. The van der Waals surface area contributed by atoms with Gasteiger partial charge in [0.2, 0.25) is 5.91 Å². The normalized spacial score (nSPS) is 17.3. The molecule has 1 aliphatic heterocycles. The van der Waals surface area contributed by atoms with Gasteiger partial charge in [-0.25, -0.2) is 0 Å². The van der Waals surface area contributed by atoms with Crippen LogP contribution in [0.25, 0.3) is 11.1 Å². The van der Waals surface area contributed by atoms with Crippen molar-refractivity contribution < 1.29 is 9.59 Å². The number of hydrogen-bond acceptors (Lipinski definition) is 3. The second-order valence-corrected chi connectivity index (χ2v) is 6.51. The van der Waals surface area contributed by atoms with Crippen molar-refractivity contribution in [3.05, 3.63) is 60.2 Å². The Labute approximate surface area is 148 Å². The van der Waals surface area contributed by atoms with Gasteiger partial charge in [0.25, 0.3) is 0 Å². The maximum absolute atomic E-state index is 12.4. The summed E-state index contributed by atoms with van der Waals surface area (Å²) in [5, 5.41) is 3.27. The summed E-state index contributed by atoms with van der Waals surface area (Å²) >= 11 is 0. The number of carbonyl (C=O) groups is 2. The van der Waals surface area contributed by atoms with E-state index in [2.05, 4.69) is 5.32 Å². The molecule has 0 bridgehead atoms. The molecule has 3 rings (SSSR count). The van der Waals surface area contributed by atoms with E-state index in [-0.39, 0.29) is 30.6 Å². The standard InChI is InChI=1S/C21H24N2O2/c1-16-15-22-13-14-23(16)21(25)12-11-20(24)19-9-7-18(8-10-19)17-5-3-2-4-6-17/h2-10,16,22H,11-15H2,1H3. The average molecular weight is 336 g/mol. The summed E-state index contributed by atoms with van der Waals surface area (Å²) in [6.45, 7) is 4.40. The van der Waals surface area contributed by atoms with Gasteiger partial charge >= 0.3 is 0 Å². The van der Waals surface area contributed by atoms with E-state index in [1.165, 1.54) is 0 Å². The molecule has 1 unspecified atom stereocenters. The van der Waals surface area contributed by atoms with Gasteiger partial charge in [-0.05, 0) is 18.1 Å². The summed E-state index contributed by atoms with van der Waals surface area (Å²) < 4.78 is 0. The monoisotopic (exact) mass is 336 g/mol. The first-order valence-electron chi connectivity index (χ1n) is 8.84. The Balaban J connectivity index is 1.57. The van der Waals surface area contributed by atoms with E-state index in [9.17, 15) is 9.59 Å². The van der Waals surface area contributed by atoms with E-state index in [1.54, 1.807) is 0 Å². The molecule has 4 nitrogen and oxygen atoms in total. The smallest absolute Gasteiger partial charge is 0.223 e. The molecule has 0 spiro atoms. The summed E-state index contributed by atoms with van der Waals surface area (Å²) in [5.41, 5.74) is 2.88. The Bertz CT molecular complexity index is 725. The van der Waals surface area contributed by atoms with Gasteiger partial charge in [0, 0.05) is 44.1 Å². The van der Waals surface area contributed by atoms with Crippen LogP contribution in [0.5, 0.6) is 0 Å². The quantitative estimate of drug-likeness (QED) is 0.854. The molecule has 2 aromatic rings. The van der Waals surface area contributed by atoms with E-state index in [1.807, 2.05) is 66.4 Å². The molecular weight excluding hydrogens is 312 g/mol. The third kappa shape index (κ3) is 4.34. The fourth-order valence-electron chi connectivity index (χ4n) is 3.20. The van der Waals surface area contributed by atoms with Gasteiger partial charge in [-0.3, -0.25) is 9.59 Å². The van der Waals surface area contributed by atoms with Crippen LogP contribution in [-0.4, -0.2) is 42.3 Å². The molecule has 0 aliphatic carbocycles. The van der Waals surface area contributed by atoms with E-state index in [4.69, 9.17) is 0 Å². The van der Waals surface area contributed by atoms with Crippen LogP contribution in [0.1, 0.15) is 30.1 Å². The number of amides is 1. The molecule has 4 heteroatoms. The third-order valence-electron chi connectivity index (χ3n) is 4.70. The fraction of sp³-hybridized carbons (Fsp3) is 0.333. The van der Waals surface area contributed by atoms with E-state index in [0.29, 0.717) is 5.56 Å². The van der Waals surface area contributed by atoms with Crippen LogP contribution in [0.4, 0.5) is 0 Å². The summed E-state index contributed by atoms with van der Waals surface area (Å²) in [4.78, 5) is 26.6. The van der Waals surface area contributed by atoms with Crippen molar-refractivity contribution in [2.24, 2.45) is 0 Å². The second-order valence-electron chi connectivity index (χ2n) is 6.51. The van der Waals surface area contributed by atoms with Crippen LogP contribution in [0.15, 0.2) is 54.6 Å². The number of carbonyl (C=O) groups excluding carboxylic acids is 2. The lowest BCUT2D eigenvalue weighted by Crippen LogP contribution is -2.52. The van der Waals surface area contributed by atoms with E-state index < -0.39 is 0 Å². The molecule has 1 N–H and O–H groups in total. The predicted octanol–water partition coefficient (Wildman–Crippen LogP) is 3.14. The van der Waals surface area contributed by atoms with Gasteiger partial charge in [0.15, 0.2) is 5.78 Å². The Morgan fingerprint density at radius 3 is 2.36 bits per heavy atom. The van der Waals surface area contributed by atoms with Crippen LogP contribution in [0.2, 0.25) is 0 Å². The topological polar surface area (TPSA) is 49.4 Å². The highest BCUT2D eigenvalue weighted by atomic mass is 16.2. The van der Waals surface area contributed by atoms with Gasteiger partial charge in [-0.2, -0.15) is 0 Å². The van der Waals surface area contributed by atoms with Crippen LogP contribution in [-0.2, 0) is 4.79 Å². The minimum atomic E-state index is 0.0238. The average Bonchev–Trinajstić information content (AvgIpc) is 2.67. The van der Waals surface area contributed by atoms with Gasteiger partial charge in [0.1, 0.15) is 0 Å². The molecule has 0 aromatic heterocycles. The lowest BCUT2D eigenvalue weighted by molar-refractivity contribution is -0.133. The molecule has 0 radical (unpaired) electrons.